The zero-order chi connectivity index (χ0) is 36.0. The third kappa shape index (κ3) is 23.5. The van der Waals surface area contributed by atoms with E-state index in [0.29, 0.717) is 6.42 Å². The molecule has 0 amide bonds. The van der Waals surface area contributed by atoms with Gasteiger partial charge in [0.1, 0.15) is 31.0 Å². The third-order valence-electron chi connectivity index (χ3n) is 9.15. The summed E-state index contributed by atoms with van der Waals surface area (Å²) in [6.07, 6.45) is 22.3. The van der Waals surface area contributed by atoms with Gasteiger partial charge in [-0.25, -0.2) is 0 Å². The van der Waals surface area contributed by atoms with Crippen molar-refractivity contribution < 1.29 is 49.0 Å². The summed E-state index contributed by atoms with van der Waals surface area (Å²) in [6, 6.07) is 0. The van der Waals surface area contributed by atoms with Crippen molar-refractivity contribution in [3.63, 3.8) is 0 Å². The van der Waals surface area contributed by atoms with Crippen LogP contribution in [-0.4, -0.2) is 89.0 Å². The second-order valence-corrected chi connectivity index (χ2v) is 13.7. The molecule has 2 unspecified atom stereocenters. The minimum atomic E-state index is -1.59. The predicted octanol–water partition coefficient (Wildman–Crippen LogP) is 7.22. The van der Waals surface area contributed by atoms with Gasteiger partial charge in [0, 0.05) is 12.8 Å². The standard InChI is InChI=1S/C39H72O10/c1-3-5-7-9-11-13-14-15-16-17-18-20-21-23-25-27-34(41)46-30-32(31-47-39-38(45)37(44)36(43)33(29-40)49-39)48-35(42)28-26-24-22-19-12-10-8-6-4-2/h9,11,32-33,36-40,43-45H,3-8,10,12-31H2,1-2H3/b11-9+/t32-,33-,36+,37?,38?,39-/m0/s1. The predicted molar refractivity (Wildman–Crippen MR) is 192 cm³/mol. The van der Waals surface area contributed by atoms with Crippen molar-refractivity contribution in [3.8, 4) is 0 Å². The fraction of sp³-hybridized carbons (Fsp3) is 0.897. The molecule has 6 atom stereocenters. The van der Waals surface area contributed by atoms with Gasteiger partial charge in [0.05, 0.1) is 13.2 Å². The summed E-state index contributed by atoms with van der Waals surface area (Å²) in [5.74, 6) is -0.808. The number of unbranched alkanes of at least 4 members (excludes halogenated alkanes) is 19. The summed E-state index contributed by atoms with van der Waals surface area (Å²) < 4.78 is 22.0. The van der Waals surface area contributed by atoms with Gasteiger partial charge in [0.2, 0.25) is 0 Å². The Bertz CT molecular complexity index is 820. The van der Waals surface area contributed by atoms with E-state index in [1.54, 1.807) is 0 Å². The number of rotatable bonds is 32. The van der Waals surface area contributed by atoms with E-state index in [9.17, 15) is 30.0 Å². The second kappa shape index (κ2) is 31.2. The van der Waals surface area contributed by atoms with Gasteiger partial charge in [-0.15, -0.1) is 0 Å². The summed E-state index contributed by atoms with van der Waals surface area (Å²) >= 11 is 0. The lowest BCUT2D eigenvalue weighted by Gasteiger charge is -2.39. The highest BCUT2D eigenvalue weighted by atomic mass is 16.7. The summed E-state index contributed by atoms with van der Waals surface area (Å²) in [5.41, 5.74) is 0. The molecule has 10 heteroatoms. The molecule has 1 rings (SSSR count). The van der Waals surface area contributed by atoms with Gasteiger partial charge in [-0.2, -0.15) is 0 Å². The molecule has 1 aliphatic heterocycles. The lowest BCUT2D eigenvalue weighted by atomic mass is 9.99. The number of carbonyl (C=O) groups is 2. The minimum Gasteiger partial charge on any atom is -0.462 e. The Morgan fingerprint density at radius 3 is 1.65 bits per heavy atom. The molecule has 0 bridgehead atoms. The molecule has 1 heterocycles. The molecule has 0 aromatic heterocycles. The first-order chi connectivity index (χ1) is 23.8. The summed E-state index contributed by atoms with van der Waals surface area (Å²) in [7, 11) is 0. The summed E-state index contributed by atoms with van der Waals surface area (Å²) in [6.45, 7) is 3.36. The highest BCUT2D eigenvalue weighted by Gasteiger charge is 2.44. The minimum absolute atomic E-state index is 0.214. The molecule has 0 aromatic rings. The molecule has 1 aliphatic rings. The van der Waals surface area contributed by atoms with E-state index in [0.717, 1.165) is 44.9 Å². The largest absolute Gasteiger partial charge is 0.462 e. The van der Waals surface area contributed by atoms with Gasteiger partial charge >= 0.3 is 11.9 Å². The average Bonchev–Trinajstić information content (AvgIpc) is 3.10. The first kappa shape index (κ1) is 45.5. The number of carbonyl (C=O) groups excluding carboxylic acids is 2. The zero-order valence-corrected chi connectivity index (χ0v) is 30.9. The first-order valence-corrected chi connectivity index (χ1v) is 19.8. The fourth-order valence-electron chi connectivity index (χ4n) is 5.93. The molecular formula is C39H72O10. The molecule has 0 aliphatic carbocycles. The average molecular weight is 701 g/mol. The van der Waals surface area contributed by atoms with Crippen LogP contribution in [0.3, 0.4) is 0 Å². The van der Waals surface area contributed by atoms with E-state index in [-0.39, 0.29) is 32.0 Å². The van der Waals surface area contributed by atoms with E-state index in [4.69, 9.17) is 18.9 Å². The van der Waals surface area contributed by atoms with Gasteiger partial charge < -0.3 is 39.4 Å². The van der Waals surface area contributed by atoms with E-state index in [1.807, 2.05) is 0 Å². The van der Waals surface area contributed by atoms with E-state index in [1.165, 1.54) is 89.9 Å². The van der Waals surface area contributed by atoms with Crippen LogP contribution in [0, 0.1) is 0 Å². The highest BCUT2D eigenvalue weighted by Crippen LogP contribution is 2.22. The van der Waals surface area contributed by atoms with Crippen LogP contribution in [0.2, 0.25) is 0 Å². The van der Waals surface area contributed by atoms with Crippen molar-refractivity contribution in [2.24, 2.45) is 0 Å². The van der Waals surface area contributed by atoms with Gasteiger partial charge in [0.15, 0.2) is 12.4 Å². The molecule has 1 saturated heterocycles. The Morgan fingerprint density at radius 2 is 1.10 bits per heavy atom. The number of hydrogen-bond donors (Lipinski definition) is 4. The van der Waals surface area contributed by atoms with Gasteiger partial charge in [-0.3, -0.25) is 9.59 Å². The van der Waals surface area contributed by atoms with E-state index < -0.39 is 49.4 Å². The van der Waals surface area contributed by atoms with Crippen LogP contribution in [0.1, 0.15) is 168 Å². The van der Waals surface area contributed by atoms with Crippen LogP contribution in [0.4, 0.5) is 0 Å². The Hall–Kier alpha value is -1.56. The molecular weight excluding hydrogens is 628 g/mol. The SMILES string of the molecule is CCCC/C=C/CCCCCCCCCCCC(=O)OC[C@@H](CO[C@H]1O[C@@H](CO)[C@@H](O)C(O)C1O)OC(=O)CCCCCCCCCCC. The molecule has 1 fully saturated rings. The molecule has 49 heavy (non-hydrogen) atoms. The maximum absolute atomic E-state index is 12.6. The first-order valence-electron chi connectivity index (χ1n) is 19.8. The monoisotopic (exact) mass is 701 g/mol. The number of allylic oxidation sites excluding steroid dienone is 2. The smallest absolute Gasteiger partial charge is 0.306 e. The van der Waals surface area contributed by atoms with Crippen LogP contribution in [0.25, 0.3) is 0 Å². The third-order valence-corrected chi connectivity index (χ3v) is 9.15. The molecule has 0 radical (unpaired) electrons. The lowest BCUT2D eigenvalue weighted by molar-refractivity contribution is -0.305. The molecule has 288 valence electrons. The Kier molecular flexibility index (Phi) is 28.9. The van der Waals surface area contributed by atoms with Gasteiger partial charge in [0.25, 0.3) is 0 Å². The molecule has 0 aromatic carbocycles. The van der Waals surface area contributed by atoms with E-state index in [2.05, 4.69) is 26.0 Å². The van der Waals surface area contributed by atoms with Crippen molar-refractivity contribution in [2.75, 3.05) is 19.8 Å². The zero-order valence-electron chi connectivity index (χ0n) is 30.9. The normalized spacial score (nSPS) is 21.6. The van der Waals surface area contributed by atoms with Crippen molar-refractivity contribution in [1.29, 1.82) is 0 Å². The van der Waals surface area contributed by atoms with Gasteiger partial charge in [-0.05, 0) is 32.1 Å². The van der Waals surface area contributed by atoms with Crippen LogP contribution in [0.15, 0.2) is 12.2 Å². The Labute approximate surface area is 297 Å². The summed E-state index contributed by atoms with van der Waals surface area (Å²) in [5, 5.41) is 39.9. The fourth-order valence-corrected chi connectivity index (χ4v) is 5.93. The van der Waals surface area contributed by atoms with Crippen LogP contribution in [0.5, 0.6) is 0 Å². The number of aliphatic hydroxyl groups excluding tert-OH is 4. The quantitative estimate of drug-likeness (QED) is 0.0322. The Morgan fingerprint density at radius 1 is 0.612 bits per heavy atom. The van der Waals surface area contributed by atoms with Crippen molar-refractivity contribution in [3.05, 3.63) is 12.2 Å². The molecule has 0 spiro atoms. The van der Waals surface area contributed by atoms with Gasteiger partial charge in [-0.1, -0.05) is 135 Å². The number of aliphatic hydroxyl groups is 4. The molecule has 4 N–H and O–H groups in total. The molecule has 0 saturated carbocycles. The van der Waals surface area contributed by atoms with Crippen molar-refractivity contribution in [1.82, 2.24) is 0 Å². The lowest BCUT2D eigenvalue weighted by Crippen LogP contribution is -2.59. The summed E-state index contributed by atoms with van der Waals surface area (Å²) in [4.78, 5) is 25.1. The topological polar surface area (TPSA) is 152 Å². The molecule has 10 nitrogen and oxygen atoms in total. The van der Waals surface area contributed by atoms with Crippen molar-refractivity contribution >= 4 is 11.9 Å². The number of ether oxygens (including phenoxy) is 4. The maximum atomic E-state index is 12.6. The van der Waals surface area contributed by atoms with Crippen LogP contribution >= 0.6 is 0 Å². The number of hydrogen-bond acceptors (Lipinski definition) is 10. The second-order valence-electron chi connectivity index (χ2n) is 13.7. The highest BCUT2D eigenvalue weighted by molar-refractivity contribution is 5.70. The van der Waals surface area contributed by atoms with E-state index >= 15 is 0 Å². The van der Waals surface area contributed by atoms with Crippen LogP contribution in [-0.2, 0) is 28.5 Å². The van der Waals surface area contributed by atoms with Crippen molar-refractivity contribution in [2.45, 2.75) is 205 Å². The number of esters is 2. The Balaban J connectivity index is 2.35. The maximum Gasteiger partial charge on any atom is 0.306 e. The van der Waals surface area contributed by atoms with Crippen LogP contribution < -0.4 is 0 Å².